The van der Waals surface area contributed by atoms with E-state index in [1.165, 1.54) is 51.4 Å². The minimum atomic E-state index is -0.194. The van der Waals surface area contributed by atoms with Crippen LogP contribution >= 0.6 is 0 Å². The highest BCUT2D eigenvalue weighted by atomic mass is 16.5. The van der Waals surface area contributed by atoms with Crippen LogP contribution in [-0.4, -0.2) is 19.2 Å². The molecule has 0 spiro atoms. The van der Waals surface area contributed by atoms with Gasteiger partial charge in [-0.15, -0.1) is 0 Å². The highest BCUT2D eigenvalue weighted by molar-refractivity contribution is 5.67. The minimum absolute atomic E-state index is 0.194. The maximum absolute atomic E-state index is 11.8. The number of unbranched alkanes of at least 4 members (excludes halogenated alkanes) is 3. The van der Waals surface area contributed by atoms with E-state index in [2.05, 4.69) is 12.2 Å². The number of hydrogen-bond acceptors (Lipinski definition) is 2. The first-order chi connectivity index (χ1) is 10.3. The van der Waals surface area contributed by atoms with Crippen molar-refractivity contribution < 1.29 is 9.53 Å². The SMILES string of the molecule is CCCCCCNC(=O)OCC1C2CC3CC(C2)CC1C3. The lowest BCUT2D eigenvalue weighted by atomic mass is 9.52. The third-order valence-corrected chi connectivity index (χ3v) is 6.13. The molecule has 0 aromatic carbocycles. The van der Waals surface area contributed by atoms with Gasteiger partial charge in [-0.2, -0.15) is 0 Å². The van der Waals surface area contributed by atoms with E-state index in [0.717, 1.165) is 36.6 Å². The fourth-order valence-electron chi connectivity index (χ4n) is 5.28. The molecule has 4 fully saturated rings. The van der Waals surface area contributed by atoms with Gasteiger partial charge in [-0.25, -0.2) is 4.79 Å². The van der Waals surface area contributed by atoms with Gasteiger partial charge in [0.1, 0.15) is 0 Å². The molecule has 120 valence electrons. The fraction of sp³-hybridized carbons (Fsp3) is 0.944. The van der Waals surface area contributed by atoms with Crippen molar-refractivity contribution in [3.8, 4) is 0 Å². The van der Waals surface area contributed by atoms with E-state index < -0.39 is 0 Å². The van der Waals surface area contributed by atoms with E-state index in [0.29, 0.717) is 12.5 Å². The molecule has 0 aromatic heterocycles. The number of nitrogens with one attached hydrogen (secondary N) is 1. The molecule has 1 N–H and O–H groups in total. The standard InChI is InChI=1S/C18H31NO2/c1-2-3-4-5-6-19-18(20)21-12-17-15-8-13-7-14(10-15)11-16(17)9-13/h13-17H,2-12H2,1H3,(H,19,20). The predicted octanol–water partition coefficient (Wildman–Crippen LogP) is 4.37. The number of hydrogen-bond donors (Lipinski definition) is 1. The second-order valence-electron chi connectivity index (χ2n) is 7.68. The molecule has 4 rings (SSSR count). The van der Waals surface area contributed by atoms with E-state index in [9.17, 15) is 4.79 Å². The summed E-state index contributed by atoms with van der Waals surface area (Å²) in [6.07, 6.45) is 11.7. The van der Waals surface area contributed by atoms with Gasteiger partial charge in [0.05, 0.1) is 6.61 Å². The van der Waals surface area contributed by atoms with E-state index in [4.69, 9.17) is 4.74 Å². The van der Waals surface area contributed by atoms with Crippen molar-refractivity contribution in [1.82, 2.24) is 5.32 Å². The number of alkyl carbamates (subject to hydrolysis) is 1. The van der Waals surface area contributed by atoms with Gasteiger partial charge in [0.15, 0.2) is 0 Å². The number of ether oxygens (including phenoxy) is 1. The summed E-state index contributed by atoms with van der Waals surface area (Å²) >= 11 is 0. The second-order valence-corrected chi connectivity index (χ2v) is 7.68. The molecule has 1 amide bonds. The molecule has 3 heteroatoms. The number of rotatable bonds is 7. The van der Waals surface area contributed by atoms with E-state index in [1.54, 1.807) is 0 Å². The second kappa shape index (κ2) is 7.02. The zero-order valence-electron chi connectivity index (χ0n) is 13.5. The van der Waals surface area contributed by atoms with Crippen molar-refractivity contribution >= 4 is 6.09 Å². The largest absolute Gasteiger partial charge is 0.449 e. The van der Waals surface area contributed by atoms with Crippen molar-refractivity contribution in [2.24, 2.45) is 29.6 Å². The molecule has 4 bridgehead atoms. The summed E-state index contributed by atoms with van der Waals surface area (Å²) in [5.74, 6) is 4.34. The summed E-state index contributed by atoms with van der Waals surface area (Å²) in [5.41, 5.74) is 0. The quantitative estimate of drug-likeness (QED) is 0.708. The Hall–Kier alpha value is -0.730. The van der Waals surface area contributed by atoms with Crippen LogP contribution < -0.4 is 5.32 Å². The molecule has 21 heavy (non-hydrogen) atoms. The fourth-order valence-corrected chi connectivity index (χ4v) is 5.28. The van der Waals surface area contributed by atoms with Crippen molar-refractivity contribution in [3.63, 3.8) is 0 Å². The molecule has 0 saturated heterocycles. The normalized spacial score (nSPS) is 36.7. The number of carbonyl (C=O) groups is 1. The van der Waals surface area contributed by atoms with Gasteiger partial charge in [-0.1, -0.05) is 26.2 Å². The lowest BCUT2D eigenvalue weighted by molar-refractivity contribution is -0.0591. The van der Waals surface area contributed by atoms with Crippen LogP contribution in [0.5, 0.6) is 0 Å². The van der Waals surface area contributed by atoms with Gasteiger partial charge < -0.3 is 10.1 Å². The molecule has 0 aliphatic heterocycles. The molecule has 4 aliphatic carbocycles. The van der Waals surface area contributed by atoms with Crippen LogP contribution in [0.3, 0.4) is 0 Å². The Morgan fingerprint density at radius 1 is 1.00 bits per heavy atom. The molecule has 3 nitrogen and oxygen atoms in total. The van der Waals surface area contributed by atoms with E-state index >= 15 is 0 Å². The molecular weight excluding hydrogens is 262 g/mol. The molecule has 4 aliphatic rings. The Kier molecular flexibility index (Phi) is 5.07. The lowest BCUT2D eigenvalue weighted by Gasteiger charge is -2.54. The van der Waals surface area contributed by atoms with Crippen LogP contribution in [0.1, 0.15) is 64.7 Å². The Bertz CT molecular complexity index is 327. The van der Waals surface area contributed by atoms with Crippen molar-refractivity contribution in [1.29, 1.82) is 0 Å². The van der Waals surface area contributed by atoms with Gasteiger partial charge in [0.25, 0.3) is 0 Å². The molecular formula is C18H31NO2. The van der Waals surface area contributed by atoms with Crippen LogP contribution in [-0.2, 0) is 4.74 Å². The summed E-state index contributed by atoms with van der Waals surface area (Å²) in [6, 6.07) is 0. The molecule has 0 atom stereocenters. The van der Waals surface area contributed by atoms with Gasteiger partial charge in [-0.3, -0.25) is 0 Å². The molecule has 0 radical (unpaired) electrons. The summed E-state index contributed by atoms with van der Waals surface area (Å²) in [4.78, 5) is 11.8. The first-order valence-electron chi connectivity index (χ1n) is 9.16. The summed E-state index contributed by atoms with van der Waals surface area (Å²) in [7, 11) is 0. The maximum atomic E-state index is 11.8. The minimum Gasteiger partial charge on any atom is -0.449 e. The Morgan fingerprint density at radius 3 is 2.29 bits per heavy atom. The zero-order chi connectivity index (χ0) is 14.7. The lowest BCUT2D eigenvalue weighted by Crippen LogP contribution is -2.47. The summed E-state index contributed by atoms with van der Waals surface area (Å²) < 4.78 is 5.52. The predicted molar refractivity (Wildman–Crippen MR) is 84.0 cm³/mol. The van der Waals surface area contributed by atoms with Crippen LogP contribution in [0.2, 0.25) is 0 Å². The average Bonchev–Trinajstić information content (AvgIpc) is 2.45. The van der Waals surface area contributed by atoms with E-state index in [-0.39, 0.29) is 6.09 Å². The third kappa shape index (κ3) is 3.73. The molecule has 0 unspecified atom stereocenters. The third-order valence-electron chi connectivity index (χ3n) is 6.13. The monoisotopic (exact) mass is 293 g/mol. The summed E-state index contributed by atoms with van der Waals surface area (Å²) in [6.45, 7) is 3.63. The Labute approximate surface area is 129 Å². The van der Waals surface area contributed by atoms with Crippen LogP contribution in [0.25, 0.3) is 0 Å². The summed E-state index contributed by atoms with van der Waals surface area (Å²) in [5, 5.41) is 2.90. The first kappa shape index (κ1) is 15.2. The highest BCUT2D eigenvalue weighted by Gasteiger charge is 2.48. The van der Waals surface area contributed by atoms with Crippen molar-refractivity contribution in [2.45, 2.75) is 64.7 Å². The molecule has 0 heterocycles. The molecule has 0 aromatic rings. The maximum Gasteiger partial charge on any atom is 0.407 e. The molecule has 4 saturated carbocycles. The van der Waals surface area contributed by atoms with Crippen LogP contribution in [0, 0.1) is 29.6 Å². The van der Waals surface area contributed by atoms with Gasteiger partial charge in [-0.05, 0) is 68.1 Å². The Morgan fingerprint density at radius 2 is 1.67 bits per heavy atom. The van der Waals surface area contributed by atoms with Crippen LogP contribution in [0.4, 0.5) is 4.79 Å². The number of carbonyl (C=O) groups excluding carboxylic acids is 1. The van der Waals surface area contributed by atoms with Crippen molar-refractivity contribution in [2.75, 3.05) is 13.2 Å². The number of amides is 1. The van der Waals surface area contributed by atoms with Crippen LogP contribution in [0.15, 0.2) is 0 Å². The van der Waals surface area contributed by atoms with E-state index in [1.807, 2.05) is 0 Å². The topological polar surface area (TPSA) is 38.3 Å². The zero-order valence-corrected chi connectivity index (χ0v) is 13.5. The highest BCUT2D eigenvalue weighted by Crippen LogP contribution is 2.56. The van der Waals surface area contributed by atoms with Crippen molar-refractivity contribution in [3.05, 3.63) is 0 Å². The van der Waals surface area contributed by atoms with Gasteiger partial charge in [0.2, 0.25) is 0 Å². The average molecular weight is 293 g/mol. The van der Waals surface area contributed by atoms with Gasteiger partial charge >= 0.3 is 6.09 Å². The first-order valence-corrected chi connectivity index (χ1v) is 9.16. The Balaban J connectivity index is 1.34. The smallest absolute Gasteiger partial charge is 0.407 e. The van der Waals surface area contributed by atoms with Gasteiger partial charge in [0, 0.05) is 6.54 Å².